The zero-order chi connectivity index (χ0) is 26.5. The lowest BCUT2D eigenvalue weighted by molar-refractivity contribution is -0.168. The molecule has 0 amide bonds. The fraction of sp³-hybridized carbons (Fsp3) is 0.464. The number of aryl methyl sites for hydroxylation is 2. The van der Waals surface area contributed by atoms with Crippen LogP contribution >= 0.6 is 0 Å². The summed E-state index contributed by atoms with van der Waals surface area (Å²) >= 11 is 0. The number of furan rings is 2. The van der Waals surface area contributed by atoms with Gasteiger partial charge in [-0.05, 0) is 64.3 Å². The van der Waals surface area contributed by atoms with Crippen LogP contribution in [0.1, 0.15) is 50.8 Å². The van der Waals surface area contributed by atoms with Crippen LogP contribution in [-0.4, -0.2) is 44.3 Å². The minimum atomic E-state index is -0.853. The van der Waals surface area contributed by atoms with Gasteiger partial charge in [0.15, 0.2) is 17.1 Å². The summed E-state index contributed by atoms with van der Waals surface area (Å²) in [5.41, 5.74) is 2.30. The average molecular weight is 520 g/mol. The fourth-order valence-corrected chi connectivity index (χ4v) is 5.61. The highest BCUT2D eigenvalue weighted by Gasteiger charge is 2.60. The molecule has 6 rings (SSSR count). The monoisotopic (exact) mass is 519 g/mol. The number of anilines is 2. The Morgan fingerprint density at radius 1 is 1.21 bits per heavy atom. The summed E-state index contributed by atoms with van der Waals surface area (Å²) < 4.78 is 24.5. The number of nitrogens with one attached hydrogen (secondary N) is 2. The van der Waals surface area contributed by atoms with Crippen molar-refractivity contribution >= 4 is 22.7 Å². The number of hydrogen-bond donors (Lipinski definition) is 3. The van der Waals surface area contributed by atoms with Crippen LogP contribution in [0.15, 0.2) is 45.6 Å². The van der Waals surface area contributed by atoms with Crippen molar-refractivity contribution < 1.29 is 23.4 Å². The number of pyridine rings is 1. The highest BCUT2D eigenvalue weighted by Crippen LogP contribution is 2.50. The first kappa shape index (κ1) is 24.8. The van der Waals surface area contributed by atoms with Gasteiger partial charge in [0.05, 0.1) is 30.3 Å². The summed E-state index contributed by atoms with van der Waals surface area (Å²) in [5.74, 6) is 1.56. The molecule has 1 saturated heterocycles. The van der Waals surface area contributed by atoms with Crippen molar-refractivity contribution in [3.63, 3.8) is 0 Å². The number of ether oxygens (including phenoxy) is 2. The number of aromatic nitrogens is 3. The third kappa shape index (κ3) is 4.42. The molecule has 3 unspecified atom stereocenters. The molecule has 1 aliphatic heterocycles. The van der Waals surface area contributed by atoms with Gasteiger partial charge in [0.1, 0.15) is 23.4 Å². The first-order valence-electron chi connectivity index (χ1n) is 13.1. The Morgan fingerprint density at radius 2 is 2.08 bits per heavy atom. The second-order valence-electron chi connectivity index (χ2n) is 10.5. The van der Waals surface area contributed by atoms with Crippen molar-refractivity contribution in [3.8, 4) is 11.3 Å². The smallest absolute Gasteiger partial charge is 0.225 e. The fourth-order valence-electron chi connectivity index (χ4n) is 5.61. The minimum absolute atomic E-state index is 0.0233. The van der Waals surface area contributed by atoms with Crippen LogP contribution in [0.25, 0.3) is 22.3 Å². The Hall–Kier alpha value is -3.47. The van der Waals surface area contributed by atoms with E-state index in [1.807, 2.05) is 45.0 Å². The molecule has 0 spiro atoms. The SMILES string of the molecule is CCc1cc2cc(-c3c(C)nc(NCc4ccco4)nc3NC34CCC(CO)C3OC(C)(C)O4)oc2cn1. The molecule has 10 nitrogen and oxygen atoms in total. The molecule has 2 aliphatic rings. The Bertz CT molecular complexity index is 1450. The molecule has 5 heterocycles. The largest absolute Gasteiger partial charge is 0.467 e. The van der Waals surface area contributed by atoms with Crippen molar-refractivity contribution in [2.45, 2.75) is 71.1 Å². The maximum atomic E-state index is 10.0. The van der Waals surface area contributed by atoms with E-state index >= 15 is 0 Å². The zero-order valence-electron chi connectivity index (χ0n) is 22.1. The number of fused-ring (bicyclic) bond motifs is 2. The third-order valence-electron chi connectivity index (χ3n) is 7.34. The van der Waals surface area contributed by atoms with Gasteiger partial charge in [-0.1, -0.05) is 6.92 Å². The van der Waals surface area contributed by atoms with E-state index in [2.05, 4.69) is 22.5 Å². The van der Waals surface area contributed by atoms with E-state index in [9.17, 15) is 5.11 Å². The van der Waals surface area contributed by atoms with Crippen LogP contribution in [0.4, 0.5) is 11.8 Å². The number of aliphatic hydroxyl groups is 1. The summed E-state index contributed by atoms with van der Waals surface area (Å²) in [6, 6.07) is 7.77. The number of rotatable bonds is 8. The van der Waals surface area contributed by atoms with Gasteiger partial charge in [0.2, 0.25) is 5.95 Å². The summed E-state index contributed by atoms with van der Waals surface area (Å²) in [6.45, 7) is 8.25. The first-order valence-corrected chi connectivity index (χ1v) is 13.1. The Kier molecular flexibility index (Phi) is 6.13. The lowest BCUT2D eigenvalue weighted by Crippen LogP contribution is -2.46. The molecule has 0 radical (unpaired) electrons. The van der Waals surface area contributed by atoms with Gasteiger partial charge in [0.25, 0.3) is 0 Å². The van der Waals surface area contributed by atoms with Crippen LogP contribution < -0.4 is 10.6 Å². The van der Waals surface area contributed by atoms with Crippen molar-refractivity contribution in [3.05, 3.63) is 53.9 Å². The highest BCUT2D eigenvalue weighted by molar-refractivity contribution is 5.86. The molecule has 38 heavy (non-hydrogen) atoms. The molecule has 0 bridgehead atoms. The topological polar surface area (TPSA) is 128 Å². The van der Waals surface area contributed by atoms with Gasteiger partial charge >= 0.3 is 0 Å². The van der Waals surface area contributed by atoms with Gasteiger partial charge in [0, 0.05) is 23.6 Å². The van der Waals surface area contributed by atoms with Crippen molar-refractivity contribution in [2.75, 3.05) is 17.2 Å². The average Bonchev–Trinajstić information content (AvgIpc) is 3.65. The molecule has 3 N–H and O–H groups in total. The lowest BCUT2D eigenvalue weighted by atomic mass is 10.0. The zero-order valence-corrected chi connectivity index (χ0v) is 22.1. The van der Waals surface area contributed by atoms with E-state index in [4.69, 9.17) is 28.3 Å². The van der Waals surface area contributed by atoms with Gasteiger partial charge < -0.3 is 34.0 Å². The van der Waals surface area contributed by atoms with Gasteiger partial charge in [-0.3, -0.25) is 4.98 Å². The van der Waals surface area contributed by atoms with Crippen molar-refractivity contribution in [1.29, 1.82) is 0 Å². The second kappa shape index (κ2) is 9.37. The van der Waals surface area contributed by atoms with Crippen LogP contribution in [0, 0.1) is 12.8 Å². The molecule has 1 aliphatic carbocycles. The maximum Gasteiger partial charge on any atom is 0.225 e. The Balaban J connectivity index is 1.43. The van der Waals surface area contributed by atoms with E-state index in [-0.39, 0.29) is 18.6 Å². The van der Waals surface area contributed by atoms with E-state index in [1.54, 1.807) is 12.5 Å². The van der Waals surface area contributed by atoms with E-state index in [0.29, 0.717) is 36.1 Å². The Morgan fingerprint density at radius 3 is 2.84 bits per heavy atom. The number of nitrogens with zero attached hydrogens (tertiary/aromatic N) is 3. The molecule has 1 saturated carbocycles. The summed E-state index contributed by atoms with van der Waals surface area (Å²) in [7, 11) is 0. The van der Waals surface area contributed by atoms with E-state index < -0.39 is 11.5 Å². The highest BCUT2D eigenvalue weighted by atomic mass is 16.8. The lowest BCUT2D eigenvalue weighted by Gasteiger charge is -2.31. The molecule has 10 heteroatoms. The van der Waals surface area contributed by atoms with Crippen LogP contribution in [-0.2, 0) is 22.4 Å². The van der Waals surface area contributed by atoms with Crippen LogP contribution in [0.2, 0.25) is 0 Å². The van der Waals surface area contributed by atoms with Crippen molar-refractivity contribution in [1.82, 2.24) is 15.0 Å². The molecular formula is C28H33N5O5. The van der Waals surface area contributed by atoms with Gasteiger partial charge in [-0.2, -0.15) is 4.98 Å². The normalized spacial score (nSPS) is 24.1. The second-order valence-corrected chi connectivity index (χ2v) is 10.5. The van der Waals surface area contributed by atoms with E-state index in [0.717, 1.165) is 40.9 Å². The molecule has 2 fully saturated rings. The van der Waals surface area contributed by atoms with E-state index in [1.165, 1.54) is 0 Å². The molecule has 200 valence electrons. The molecule has 3 atom stereocenters. The predicted octanol–water partition coefficient (Wildman–Crippen LogP) is 5.02. The molecular weight excluding hydrogens is 486 g/mol. The van der Waals surface area contributed by atoms with Crippen molar-refractivity contribution in [2.24, 2.45) is 5.92 Å². The van der Waals surface area contributed by atoms with Crippen LogP contribution in [0.3, 0.4) is 0 Å². The summed E-state index contributed by atoms with van der Waals surface area (Å²) in [5, 5.41) is 17.9. The van der Waals surface area contributed by atoms with Crippen LogP contribution in [0.5, 0.6) is 0 Å². The van der Waals surface area contributed by atoms with Gasteiger partial charge in [-0.15, -0.1) is 0 Å². The first-order chi connectivity index (χ1) is 18.3. The number of aliphatic hydroxyl groups excluding tert-OH is 1. The maximum absolute atomic E-state index is 10.0. The predicted molar refractivity (Wildman–Crippen MR) is 141 cm³/mol. The minimum Gasteiger partial charge on any atom is -0.467 e. The standard InChI is InChI=1S/C28H33N5O5/c1-5-19-11-18-12-21(36-22(18)14-29-19)23-16(2)31-26(30-13-20-7-6-10-35-20)32-25(23)33-28-9-8-17(15-34)24(28)37-27(3,4)38-28/h6-7,10-12,14,17,24,34H,5,8-9,13,15H2,1-4H3,(H2,30,31,32,33). The molecule has 0 aromatic carbocycles. The number of hydrogen-bond acceptors (Lipinski definition) is 10. The quantitative estimate of drug-likeness (QED) is 0.292. The van der Waals surface area contributed by atoms with Gasteiger partial charge in [-0.25, -0.2) is 4.98 Å². The summed E-state index contributed by atoms with van der Waals surface area (Å²) in [4.78, 5) is 14.1. The third-order valence-corrected chi connectivity index (χ3v) is 7.34. The Labute approximate surface area is 220 Å². The summed E-state index contributed by atoms with van der Waals surface area (Å²) in [6.07, 6.45) is 5.32. The molecule has 4 aromatic rings. The molecule has 4 aromatic heterocycles.